The largest absolute Gasteiger partial charge is 0.376 e. The molecule has 22 heavy (non-hydrogen) atoms. The van der Waals surface area contributed by atoms with Gasteiger partial charge in [0.1, 0.15) is 11.5 Å². The zero-order valence-corrected chi connectivity index (χ0v) is 12.9. The van der Waals surface area contributed by atoms with Crippen molar-refractivity contribution in [2.45, 2.75) is 38.8 Å². The van der Waals surface area contributed by atoms with Crippen molar-refractivity contribution in [1.82, 2.24) is 9.88 Å². The highest BCUT2D eigenvalue weighted by atomic mass is 19.1. The second kappa shape index (κ2) is 6.08. The maximum absolute atomic E-state index is 13.3. The van der Waals surface area contributed by atoms with E-state index in [0.29, 0.717) is 17.8 Å². The van der Waals surface area contributed by atoms with E-state index in [1.165, 1.54) is 12.1 Å². The molecule has 0 bridgehead atoms. The van der Waals surface area contributed by atoms with Crippen molar-refractivity contribution >= 4 is 16.8 Å². The normalized spacial score (nSPS) is 18.3. The molecule has 5 heteroatoms. The van der Waals surface area contributed by atoms with Crippen LogP contribution in [-0.2, 0) is 4.74 Å². The summed E-state index contributed by atoms with van der Waals surface area (Å²) in [5.41, 5.74) is 1.14. The van der Waals surface area contributed by atoms with Gasteiger partial charge in [0, 0.05) is 30.1 Å². The van der Waals surface area contributed by atoms with Crippen LogP contribution in [0, 0.1) is 5.82 Å². The minimum atomic E-state index is -0.312. The molecule has 3 rings (SSSR count). The summed E-state index contributed by atoms with van der Waals surface area (Å²) in [6, 6.07) is 6.35. The van der Waals surface area contributed by atoms with Crippen LogP contribution in [0.15, 0.2) is 24.3 Å². The molecule has 0 saturated carbocycles. The third-order valence-electron chi connectivity index (χ3n) is 4.12. The summed E-state index contributed by atoms with van der Waals surface area (Å²) >= 11 is 0. The highest BCUT2D eigenvalue weighted by Gasteiger charge is 2.26. The number of rotatable bonds is 4. The summed E-state index contributed by atoms with van der Waals surface area (Å²) in [6.07, 6.45) is 2.17. The first-order chi connectivity index (χ1) is 10.5. The molecule has 1 unspecified atom stereocenters. The standard InChI is InChI=1S/C17H21FN2O2/c1-11(2)20(10-14-4-3-7-22-14)17(21)16-8-12-5-6-13(18)9-15(12)19-16/h5-6,8-9,11,14,19H,3-4,7,10H2,1-2H3. The number of benzene rings is 1. The highest BCUT2D eigenvalue weighted by molar-refractivity contribution is 5.98. The molecule has 0 radical (unpaired) electrons. The van der Waals surface area contributed by atoms with Crippen LogP contribution < -0.4 is 0 Å². The molecule has 1 N–H and O–H groups in total. The van der Waals surface area contributed by atoms with Crippen molar-refractivity contribution in [3.05, 3.63) is 35.8 Å². The number of carbonyl (C=O) groups excluding carboxylic acids is 1. The third kappa shape index (κ3) is 2.99. The Kier molecular flexibility index (Phi) is 4.16. The van der Waals surface area contributed by atoms with Gasteiger partial charge in [0.2, 0.25) is 0 Å². The van der Waals surface area contributed by atoms with Gasteiger partial charge in [-0.2, -0.15) is 0 Å². The summed E-state index contributed by atoms with van der Waals surface area (Å²) < 4.78 is 18.9. The summed E-state index contributed by atoms with van der Waals surface area (Å²) in [5.74, 6) is -0.379. The number of hydrogen-bond donors (Lipinski definition) is 1. The van der Waals surface area contributed by atoms with Crippen LogP contribution in [0.1, 0.15) is 37.2 Å². The lowest BCUT2D eigenvalue weighted by molar-refractivity contribution is 0.0449. The molecule has 1 saturated heterocycles. The lowest BCUT2D eigenvalue weighted by Gasteiger charge is -2.28. The first-order valence-electron chi connectivity index (χ1n) is 7.75. The van der Waals surface area contributed by atoms with E-state index >= 15 is 0 Å². The highest BCUT2D eigenvalue weighted by Crippen LogP contribution is 2.20. The first-order valence-corrected chi connectivity index (χ1v) is 7.75. The Morgan fingerprint density at radius 3 is 2.95 bits per heavy atom. The Morgan fingerprint density at radius 2 is 2.27 bits per heavy atom. The molecule has 1 atom stereocenters. The number of halogens is 1. The summed E-state index contributed by atoms with van der Waals surface area (Å²) in [4.78, 5) is 17.6. The molecule has 2 heterocycles. The van der Waals surface area contributed by atoms with E-state index in [1.807, 2.05) is 18.7 Å². The zero-order valence-electron chi connectivity index (χ0n) is 12.9. The lowest BCUT2D eigenvalue weighted by atomic mass is 10.2. The second-order valence-electron chi connectivity index (χ2n) is 6.10. The number of amides is 1. The van der Waals surface area contributed by atoms with Gasteiger partial charge in [-0.05, 0) is 51.0 Å². The molecular formula is C17H21FN2O2. The van der Waals surface area contributed by atoms with Crippen LogP contribution in [-0.4, -0.2) is 41.1 Å². The Morgan fingerprint density at radius 1 is 1.45 bits per heavy atom. The number of hydrogen-bond acceptors (Lipinski definition) is 2. The molecule has 0 aliphatic carbocycles. The predicted octanol–water partition coefficient (Wildman–Crippen LogP) is 3.34. The minimum absolute atomic E-state index is 0.0675. The van der Waals surface area contributed by atoms with Crippen LogP contribution in [0.5, 0.6) is 0 Å². The number of fused-ring (bicyclic) bond motifs is 1. The van der Waals surface area contributed by atoms with E-state index < -0.39 is 0 Å². The van der Waals surface area contributed by atoms with Crippen LogP contribution in [0.2, 0.25) is 0 Å². The second-order valence-corrected chi connectivity index (χ2v) is 6.10. The molecule has 1 amide bonds. The molecule has 1 aromatic heterocycles. The fraction of sp³-hybridized carbons (Fsp3) is 0.471. The van der Waals surface area contributed by atoms with Crippen LogP contribution >= 0.6 is 0 Å². The van der Waals surface area contributed by atoms with E-state index in [1.54, 1.807) is 12.1 Å². The van der Waals surface area contributed by atoms with Crippen molar-refractivity contribution in [2.24, 2.45) is 0 Å². The van der Waals surface area contributed by atoms with Crippen molar-refractivity contribution < 1.29 is 13.9 Å². The fourth-order valence-corrected chi connectivity index (χ4v) is 2.91. The van der Waals surface area contributed by atoms with Crippen molar-refractivity contribution in [3.8, 4) is 0 Å². The smallest absolute Gasteiger partial charge is 0.270 e. The maximum atomic E-state index is 13.3. The molecule has 2 aromatic rings. The third-order valence-corrected chi connectivity index (χ3v) is 4.12. The Bertz CT molecular complexity index is 674. The van der Waals surface area contributed by atoms with Gasteiger partial charge < -0.3 is 14.6 Å². The van der Waals surface area contributed by atoms with Crippen molar-refractivity contribution in [1.29, 1.82) is 0 Å². The van der Waals surface area contributed by atoms with E-state index in [9.17, 15) is 9.18 Å². The number of aromatic nitrogens is 1. The number of nitrogens with one attached hydrogen (secondary N) is 1. The molecule has 118 valence electrons. The molecule has 1 aliphatic heterocycles. The molecule has 4 nitrogen and oxygen atoms in total. The van der Waals surface area contributed by atoms with E-state index in [4.69, 9.17) is 4.74 Å². The average molecular weight is 304 g/mol. The number of H-pyrrole nitrogens is 1. The fourth-order valence-electron chi connectivity index (χ4n) is 2.91. The van der Waals surface area contributed by atoms with Crippen LogP contribution in [0.4, 0.5) is 4.39 Å². The molecule has 1 aliphatic rings. The number of carbonyl (C=O) groups is 1. The van der Waals surface area contributed by atoms with Crippen molar-refractivity contribution in [2.75, 3.05) is 13.2 Å². The van der Waals surface area contributed by atoms with Gasteiger partial charge in [-0.15, -0.1) is 0 Å². The summed E-state index contributed by atoms with van der Waals surface area (Å²) in [5, 5.41) is 0.838. The zero-order chi connectivity index (χ0) is 15.7. The van der Waals surface area contributed by atoms with Gasteiger partial charge in [-0.25, -0.2) is 4.39 Å². The van der Waals surface area contributed by atoms with Gasteiger partial charge in [-0.3, -0.25) is 4.79 Å². The lowest BCUT2D eigenvalue weighted by Crippen LogP contribution is -2.42. The monoisotopic (exact) mass is 304 g/mol. The quantitative estimate of drug-likeness (QED) is 0.941. The van der Waals surface area contributed by atoms with Crippen molar-refractivity contribution in [3.63, 3.8) is 0 Å². The minimum Gasteiger partial charge on any atom is -0.376 e. The van der Waals surface area contributed by atoms with Gasteiger partial charge in [0.25, 0.3) is 5.91 Å². The Balaban J connectivity index is 1.84. The summed E-state index contributed by atoms with van der Waals surface area (Å²) in [6.45, 7) is 5.36. The molecule has 1 aromatic carbocycles. The Labute approximate surface area is 129 Å². The Hall–Kier alpha value is -1.88. The number of ether oxygens (including phenoxy) is 1. The van der Waals surface area contributed by atoms with Gasteiger partial charge >= 0.3 is 0 Å². The van der Waals surface area contributed by atoms with Gasteiger partial charge in [-0.1, -0.05) is 0 Å². The topological polar surface area (TPSA) is 45.3 Å². The maximum Gasteiger partial charge on any atom is 0.270 e. The first kappa shape index (κ1) is 15.0. The van der Waals surface area contributed by atoms with Gasteiger partial charge in [0.05, 0.1) is 6.10 Å². The average Bonchev–Trinajstić information content (AvgIpc) is 3.12. The molecular weight excluding hydrogens is 283 g/mol. The number of aromatic amines is 1. The summed E-state index contributed by atoms with van der Waals surface area (Å²) in [7, 11) is 0. The van der Waals surface area contributed by atoms with E-state index in [0.717, 1.165) is 24.8 Å². The van der Waals surface area contributed by atoms with Crippen LogP contribution in [0.3, 0.4) is 0 Å². The number of nitrogens with zero attached hydrogens (tertiary/aromatic N) is 1. The van der Waals surface area contributed by atoms with E-state index in [-0.39, 0.29) is 23.9 Å². The van der Waals surface area contributed by atoms with E-state index in [2.05, 4.69) is 4.98 Å². The SMILES string of the molecule is CC(C)N(CC1CCCO1)C(=O)c1cc2ccc(F)cc2[nH]1. The van der Waals surface area contributed by atoms with Gasteiger partial charge in [0.15, 0.2) is 0 Å². The predicted molar refractivity (Wildman–Crippen MR) is 83.4 cm³/mol. The molecule has 0 spiro atoms. The molecule has 1 fully saturated rings. The van der Waals surface area contributed by atoms with Crippen LogP contribution in [0.25, 0.3) is 10.9 Å².